The fourth-order valence-corrected chi connectivity index (χ4v) is 3.53. The van der Waals surface area contributed by atoms with Crippen molar-refractivity contribution in [3.8, 4) is 0 Å². The molecule has 0 bridgehead atoms. The lowest BCUT2D eigenvalue weighted by atomic mass is 10.0. The van der Waals surface area contributed by atoms with E-state index in [1.165, 1.54) is 37.3 Å². The summed E-state index contributed by atoms with van der Waals surface area (Å²) in [7, 11) is 0. The van der Waals surface area contributed by atoms with E-state index in [9.17, 15) is 14.9 Å². The first kappa shape index (κ1) is 15.0. The van der Waals surface area contributed by atoms with Crippen molar-refractivity contribution >= 4 is 29.4 Å². The molecule has 1 aromatic carbocycles. The second-order valence-electron chi connectivity index (χ2n) is 5.84. The normalized spacial score (nSPS) is 26.5. The highest BCUT2D eigenvalue weighted by Gasteiger charge is 2.54. The van der Waals surface area contributed by atoms with Crippen molar-refractivity contribution in [3.05, 3.63) is 38.9 Å². The minimum Gasteiger partial charge on any atom is -0.273 e. The van der Waals surface area contributed by atoms with E-state index >= 15 is 0 Å². The zero-order chi connectivity index (χ0) is 15.7. The van der Waals surface area contributed by atoms with Gasteiger partial charge in [-0.15, -0.1) is 0 Å². The standard InChI is InChI=1S/C15H16ClN3O3/c16-13-6-5-10(19(21)22)7-9(13)8-17-18-15(20)14-11-3-1-2-4-12(11)14/h5-8,11-12,14H,1-4H2,(H,18,20)/b17-8-/t11-,12-/m1/s1. The van der Waals surface area contributed by atoms with Gasteiger partial charge < -0.3 is 0 Å². The summed E-state index contributed by atoms with van der Waals surface area (Å²) in [5.41, 5.74) is 2.87. The number of hydrogen-bond donors (Lipinski definition) is 1. The highest BCUT2D eigenvalue weighted by molar-refractivity contribution is 6.33. The number of fused-ring (bicyclic) bond motifs is 1. The van der Waals surface area contributed by atoms with Gasteiger partial charge in [0.15, 0.2) is 0 Å². The van der Waals surface area contributed by atoms with Gasteiger partial charge in [-0.2, -0.15) is 5.10 Å². The smallest absolute Gasteiger partial charge is 0.270 e. The van der Waals surface area contributed by atoms with Crippen LogP contribution in [0.5, 0.6) is 0 Å². The van der Waals surface area contributed by atoms with Gasteiger partial charge in [-0.1, -0.05) is 24.4 Å². The summed E-state index contributed by atoms with van der Waals surface area (Å²) < 4.78 is 0. The Morgan fingerprint density at radius 2 is 2.05 bits per heavy atom. The first-order valence-electron chi connectivity index (χ1n) is 7.35. The molecule has 0 aliphatic heterocycles. The molecule has 116 valence electrons. The van der Waals surface area contributed by atoms with E-state index in [0.29, 0.717) is 22.4 Å². The molecule has 0 heterocycles. The molecule has 2 saturated carbocycles. The number of carbonyl (C=O) groups excluding carboxylic acids is 1. The van der Waals surface area contributed by atoms with Gasteiger partial charge in [-0.25, -0.2) is 5.43 Å². The van der Waals surface area contributed by atoms with Crippen LogP contribution in [0.25, 0.3) is 0 Å². The molecule has 2 aliphatic rings. The summed E-state index contributed by atoms with van der Waals surface area (Å²) in [6.45, 7) is 0. The van der Waals surface area contributed by atoms with Crippen molar-refractivity contribution in [2.75, 3.05) is 0 Å². The van der Waals surface area contributed by atoms with Crippen molar-refractivity contribution < 1.29 is 9.72 Å². The van der Waals surface area contributed by atoms with Gasteiger partial charge in [0.05, 0.1) is 11.1 Å². The maximum atomic E-state index is 12.1. The molecule has 0 saturated heterocycles. The Hall–Kier alpha value is -1.95. The van der Waals surface area contributed by atoms with Crippen LogP contribution in [-0.4, -0.2) is 17.0 Å². The van der Waals surface area contributed by atoms with E-state index in [0.717, 1.165) is 12.8 Å². The van der Waals surface area contributed by atoms with E-state index in [2.05, 4.69) is 10.5 Å². The molecular formula is C15H16ClN3O3. The molecule has 6 nitrogen and oxygen atoms in total. The molecule has 0 aromatic heterocycles. The van der Waals surface area contributed by atoms with Gasteiger partial charge in [0, 0.05) is 28.6 Å². The van der Waals surface area contributed by atoms with Gasteiger partial charge in [0.1, 0.15) is 0 Å². The molecule has 0 radical (unpaired) electrons. The number of rotatable bonds is 4. The SMILES string of the molecule is O=C(N/N=C\c1cc([N+](=O)[O-])ccc1Cl)C1[C@@H]2CCCC[C@@H]12. The number of carbonyl (C=O) groups is 1. The lowest BCUT2D eigenvalue weighted by Gasteiger charge is -2.04. The van der Waals surface area contributed by atoms with Gasteiger partial charge in [0.2, 0.25) is 5.91 Å². The van der Waals surface area contributed by atoms with Crippen LogP contribution in [0.3, 0.4) is 0 Å². The van der Waals surface area contributed by atoms with Crippen LogP contribution >= 0.6 is 11.6 Å². The predicted octanol–water partition coefficient (Wildman–Crippen LogP) is 3.13. The zero-order valence-corrected chi connectivity index (χ0v) is 12.6. The van der Waals surface area contributed by atoms with Crippen molar-refractivity contribution in [2.24, 2.45) is 22.9 Å². The fraction of sp³-hybridized carbons (Fsp3) is 0.467. The number of hydrazone groups is 1. The summed E-state index contributed by atoms with van der Waals surface area (Å²) in [5.74, 6) is 1.06. The molecule has 1 amide bonds. The Morgan fingerprint density at radius 1 is 1.36 bits per heavy atom. The van der Waals surface area contributed by atoms with E-state index in [1.54, 1.807) is 0 Å². The van der Waals surface area contributed by atoms with Crippen molar-refractivity contribution in [1.82, 2.24) is 5.43 Å². The quantitative estimate of drug-likeness (QED) is 0.525. The number of nitrogens with zero attached hydrogens (tertiary/aromatic N) is 2. The highest BCUT2D eigenvalue weighted by Crippen LogP contribution is 2.55. The van der Waals surface area contributed by atoms with Crippen LogP contribution in [0, 0.1) is 27.9 Å². The van der Waals surface area contributed by atoms with Crippen LogP contribution < -0.4 is 5.43 Å². The second kappa shape index (κ2) is 6.04. The number of nitro benzene ring substituents is 1. The molecular weight excluding hydrogens is 306 g/mol. The first-order chi connectivity index (χ1) is 10.6. The average Bonchev–Trinajstić information content (AvgIpc) is 3.23. The van der Waals surface area contributed by atoms with Crippen molar-refractivity contribution in [3.63, 3.8) is 0 Å². The number of nitrogens with one attached hydrogen (secondary N) is 1. The second-order valence-corrected chi connectivity index (χ2v) is 6.24. The Labute approximate surface area is 132 Å². The molecule has 0 unspecified atom stereocenters. The number of non-ortho nitro benzene ring substituents is 1. The van der Waals surface area contributed by atoms with Gasteiger partial charge >= 0.3 is 0 Å². The maximum Gasteiger partial charge on any atom is 0.270 e. The van der Waals surface area contributed by atoms with Gasteiger partial charge in [-0.3, -0.25) is 14.9 Å². The lowest BCUT2D eigenvalue weighted by Crippen LogP contribution is -2.20. The third kappa shape index (κ3) is 2.97. The Kier molecular flexibility index (Phi) is 4.11. The molecule has 3 rings (SSSR count). The molecule has 1 aromatic rings. The summed E-state index contributed by atoms with van der Waals surface area (Å²) >= 11 is 5.96. The molecule has 0 spiro atoms. The first-order valence-corrected chi connectivity index (χ1v) is 7.72. The average molecular weight is 322 g/mol. The lowest BCUT2D eigenvalue weighted by molar-refractivity contribution is -0.384. The molecule has 1 N–H and O–H groups in total. The topological polar surface area (TPSA) is 84.6 Å². The summed E-state index contributed by atoms with van der Waals surface area (Å²) in [4.78, 5) is 22.3. The zero-order valence-electron chi connectivity index (χ0n) is 11.9. The summed E-state index contributed by atoms with van der Waals surface area (Å²) in [6, 6.07) is 4.10. The Morgan fingerprint density at radius 3 is 2.68 bits per heavy atom. The van der Waals surface area contributed by atoms with Crippen molar-refractivity contribution in [1.29, 1.82) is 0 Å². The van der Waals surface area contributed by atoms with E-state index in [4.69, 9.17) is 11.6 Å². The van der Waals surface area contributed by atoms with Crippen LogP contribution in [0.2, 0.25) is 5.02 Å². The van der Waals surface area contributed by atoms with Crippen LogP contribution in [0.15, 0.2) is 23.3 Å². The number of nitro groups is 1. The van der Waals surface area contributed by atoms with Gasteiger partial charge in [-0.05, 0) is 30.7 Å². The Balaban J connectivity index is 1.61. The Bertz CT molecular complexity index is 635. The number of amides is 1. The van der Waals surface area contributed by atoms with E-state index in [-0.39, 0.29) is 17.5 Å². The van der Waals surface area contributed by atoms with E-state index < -0.39 is 4.92 Å². The largest absolute Gasteiger partial charge is 0.273 e. The molecule has 7 heteroatoms. The number of benzene rings is 1. The fourth-order valence-electron chi connectivity index (χ4n) is 3.36. The van der Waals surface area contributed by atoms with Gasteiger partial charge in [0.25, 0.3) is 5.69 Å². The molecule has 2 atom stereocenters. The minimum absolute atomic E-state index is 0.0605. The molecule has 2 aliphatic carbocycles. The highest BCUT2D eigenvalue weighted by atomic mass is 35.5. The monoisotopic (exact) mass is 321 g/mol. The summed E-state index contributed by atoms with van der Waals surface area (Å²) in [6.07, 6.45) is 6.01. The van der Waals surface area contributed by atoms with Crippen LogP contribution in [-0.2, 0) is 4.79 Å². The molecule has 2 fully saturated rings. The van der Waals surface area contributed by atoms with E-state index in [1.807, 2.05) is 0 Å². The van der Waals surface area contributed by atoms with Crippen LogP contribution in [0.4, 0.5) is 5.69 Å². The van der Waals surface area contributed by atoms with Crippen molar-refractivity contribution in [2.45, 2.75) is 25.7 Å². The van der Waals surface area contributed by atoms with Crippen LogP contribution in [0.1, 0.15) is 31.2 Å². The third-order valence-corrected chi connectivity index (χ3v) is 4.87. The predicted molar refractivity (Wildman–Crippen MR) is 82.8 cm³/mol. The number of hydrogen-bond acceptors (Lipinski definition) is 4. The third-order valence-electron chi connectivity index (χ3n) is 4.53. The summed E-state index contributed by atoms with van der Waals surface area (Å²) in [5, 5.41) is 15.0. The molecule has 22 heavy (non-hydrogen) atoms. The number of halogens is 1. The minimum atomic E-state index is -0.499. The maximum absolute atomic E-state index is 12.1.